The summed E-state index contributed by atoms with van der Waals surface area (Å²) >= 11 is 1.29. The number of amides is 2. The van der Waals surface area contributed by atoms with E-state index in [0.29, 0.717) is 21.8 Å². The maximum atomic E-state index is 12.3. The van der Waals surface area contributed by atoms with Gasteiger partial charge < -0.3 is 15.2 Å². The van der Waals surface area contributed by atoms with Gasteiger partial charge in [-0.2, -0.15) is 5.10 Å². The molecule has 2 amide bonds. The molecule has 1 aliphatic carbocycles. The quantitative estimate of drug-likeness (QED) is 0.307. The Morgan fingerprint density at radius 2 is 1.86 bits per heavy atom. The number of hydrazone groups is 1. The van der Waals surface area contributed by atoms with E-state index in [2.05, 4.69) is 15.8 Å². The lowest BCUT2D eigenvalue weighted by molar-refractivity contribution is -0.136. The fourth-order valence-corrected chi connectivity index (χ4v) is 4.43. The van der Waals surface area contributed by atoms with Gasteiger partial charge in [0.2, 0.25) is 0 Å². The molecule has 9 heteroatoms. The zero-order valence-electron chi connectivity index (χ0n) is 16.1. The number of carbonyl (C=O) groups excluding carboxylic acids is 3. The Bertz CT molecular complexity index is 996. The van der Waals surface area contributed by atoms with Crippen molar-refractivity contribution in [3.8, 4) is 5.75 Å². The van der Waals surface area contributed by atoms with E-state index >= 15 is 0 Å². The molecule has 0 radical (unpaired) electrons. The SMILES string of the molecule is COC(=O)c1c(NC(=O)C(=O)NN=C(C)c2ccccc2O)sc2c1CCCC2. The van der Waals surface area contributed by atoms with E-state index in [4.69, 9.17) is 4.74 Å². The molecule has 29 heavy (non-hydrogen) atoms. The van der Waals surface area contributed by atoms with Gasteiger partial charge in [-0.25, -0.2) is 10.2 Å². The highest BCUT2D eigenvalue weighted by atomic mass is 32.1. The number of fused-ring (bicyclic) bond motifs is 1. The number of aromatic hydroxyl groups is 1. The molecule has 1 aromatic heterocycles. The Morgan fingerprint density at radius 1 is 1.14 bits per heavy atom. The number of benzene rings is 1. The number of thiophene rings is 1. The van der Waals surface area contributed by atoms with Crippen LogP contribution in [-0.4, -0.2) is 35.7 Å². The number of phenolic OH excluding ortho intramolecular Hbond substituents is 1. The van der Waals surface area contributed by atoms with Crippen LogP contribution >= 0.6 is 11.3 Å². The van der Waals surface area contributed by atoms with Gasteiger partial charge in [0.25, 0.3) is 0 Å². The molecule has 0 spiro atoms. The summed E-state index contributed by atoms with van der Waals surface area (Å²) in [5.74, 6) is -2.45. The number of hydrogen-bond donors (Lipinski definition) is 3. The molecule has 0 saturated heterocycles. The van der Waals surface area contributed by atoms with Crippen molar-refractivity contribution in [3.05, 3.63) is 45.8 Å². The van der Waals surface area contributed by atoms with Gasteiger partial charge in [-0.3, -0.25) is 9.59 Å². The second-order valence-corrected chi connectivity index (χ2v) is 7.62. The number of methoxy groups -OCH3 is 1. The molecule has 1 heterocycles. The Morgan fingerprint density at radius 3 is 2.59 bits per heavy atom. The van der Waals surface area contributed by atoms with Crippen molar-refractivity contribution >= 4 is 39.8 Å². The second-order valence-electron chi connectivity index (χ2n) is 6.52. The normalized spacial score (nSPS) is 13.4. The van der Waals surface area contributed by atoms with Gasteiger partial charge in [0.1, 0.15) is 10.8 Å². The average molecular weight is 415 g/mol. The van der Waals surface area contributed by atoms with Crippen LogP contribution in [0.3, 0.4) is 0 Å². The van der Waals surface area contributed by atoms with Crippen LogP contribution < -0.4 is 10.7 Å². The fraction of sp³-hybridized carbons (Fsp3) is 0.300. The molecule has 2 aromatic rings. The Balaban J connectivity index is 1.74. The lowest BCUT2D eigenvalue weighted by atomic mass is 9.95. The summed E-state index contributed by atoms with van der Waals surface area (Å²) in [5.41, 5.74) is 4.15. The van der Waals surface area contributed by atoms with E-state index < -0.39 is 17.8 Å². The van der Waals surface area contributed by atoms with E-state index in [9.17, 15) is 19.5 Å². The van der Waals surface area contributed by atoms with Crippen LogP contribution in [0.15, 0.2) is 29.4 Å². The van der Waals surface area contributed by atoms with Crippen LogP contribution in [0.5, 0.6) is 5.75 Å². The fourth-order valence-electron chi connectivity index (χ4n) is 3.16. The zero-order chi connectivity index (χ0) is 21.0. The van der Waals surface area contributed by atoms with Crippen LogP contribution in [0.4, 0.5) is 5.00 Å². The number of para-hydroxylation sites is 1. The molecule has 0 bridgehead atoms. The number of nitrogens with one attached hydrogen (secondary N) is 2. The third-order valence-electron chi connectivity index (χ3n) is 4.61. The minimum atomic E-state index is -0.984. The molecule has 0 fully saturated rings. The van der Waals surface area contributed by atoms with Crippen LogP contribution in [0.1, 0.15) is 46.1 Å². The zero-order valence-corrected chi connectivity index (χ0v) is 16.9. The van der Waals surface area contributed by atoms with Crippen LogP contribution in [0.2, 0.25) is 0 Å². The van der Waals surface area contributed by atoms with Gasteiger partial charge in [-0.1, -0.05) is 12.1 Å². The van der Waals surface area contributed by atoms with Crippen molar-refractivity contribution in [2.45, 2.75) is 32.6 Å². The molecule has 3 N–H and O–H groups in total. The van der Waals surface area contributed by atoms with Crippen molar-refractivity contribution < 1.29 is 24.2 Å². The summed E-state index contributed by atoms with van der Waals surface area (Å²) in [7, 11) is 1.28. The topological polar surface area (TPSA) is 117 Å². The maximum Gasteiger partial charge on any atom is 0.341 e. The first kappa shape index (κ1) is 20.5. The first-order valence-electron chi connectivity index (χ1n) is 9.09. The number of rotatable bonds is 4. The summed E-state index contributed by atoms with van der Waals surface area (Å²) in [5, 5.41) is 16.5. The number of carbonyl (C=O) groups is 3. The number of phenols is 1. The standard InChI is InChI=1S/C20H21N3O5S/c1-11(12-7-3-5-9-14(12)24)22-23-18(26)17(25)21-19-16(20(27)28-2)13-8-4-6-10-15(13)29-19/h3,5,7,9,24H,4,6,8,10H2,1-2H3,(H,21,25)(H,23,26). The van der Waals surface area contributed by atoms with Crippen LogP contribution in [0, 0.1) is 0 Å². The largest absolute Gasteiger partial charge is 0.507 e. The maximum absolute atomic E-state index is 12.3. The van der Waals surface area contributed by atoms with Gasteiger partial charge >= 0.3 is 17.8 Å². The van der Waals surface area contributed by atoms with Gasteiger partial charge in [0, 0.05) is 10.4 Å². The first-order valence-corrected chi connectivity index (χ1v) is 9.90. The Kier molecular flexibility index (Phi) is 6.28. The Labute approximate surface area is 171 Å². The van der Waals surface area contributed by atoms with E-state index in [1.807, 2.05) is 0 Å². The smallest absolute Gasteiger partial charge is 0.341 e. The van der Waals surface area contributed by atoms with Gasteiger partial charge in [0.05, 0.1) is 18.4 Å². The molecule has 152 valence electrons. The van der Waals surface area contributed by atoms with Gasteiger partial charge in [-0.15, -0.1) is 11.3 Å². The summed E-state index contributed by atoms with van der Waals surface area (Å²) in [4.78, 5) is 37.7. The minimum Gasteiger partial charge on any atom is -0.507 e. The van der Waals surface area contributed by atoms with Crippen molar-refractivity contribution in [1.82, 2.24) is 5.43 Å². The number of hydrogen-bond acceptors (Lipinski definition) is 7. The molecule has 8 nitrogen and oxygen atoms in total. The monoisotopic (exact) mass is 415 g/mol. The number of aryl methyl sites for hydroxylation is 1. The van der Waals surface area contributed by atoms with Crippen molar-refractivity contribution in [2.24, 2.45) is 5.10 Å². The van der Waals surface area contributed by atoms with E-state index in [1.165, 1.54) is 24.5 Å². The lowest BCUT2D eigenvalue weighted by Gasteiger charge is -2.11. The van der Waals surface area contributed by atoms with Gasteiger partial charge in [0.15, 0.2) is 0 Å². The summed E-state index contributed by atoms with van der Waals surface area (Å²) in [6, 6.07) is 6.52. The second kappa shape index (κ2) is 8.87. The molecule has 0 saturated carbocycles. The minimum absolute atomic E-state index is 0.0133. The predicted molar refractivity (Wildman–Crippen MR) is 109 cm³/mol. The van der Waals surface area contributed by atoms with E-state index in [-0.39, 0.29) is 5.75 Å². The highest BCUT2D eigenvalue weighted by Crippen LogP contribution is 2.38. The highest BCUT2D eigenvalue weighted by Gasteiger charge is 2.28. The predicted octanol–water partition coefficient (Wildman–Crippen LogP) is 2.60. The number of nitrogens with zero attached hydrogens (tertiary/aromatic N) is 1. The molecule has 1 aromatic carbocycles. The summed E-state index contributed by atoms with van der Waals surface area (Å²) in [6.45, 7) is 1.59. The van der Waals surface area contributed by atoms with Crippen molar-refractivity contribution in [3.63, 3.8) is 0 Å². The van der Waals surface area contributed by atoms with Gasteiger partial charge in [-0.05, 0) is 50.3 Å². The van der Waals surface area contributed by atoms with Crippen LogP contribution in [-0.2, 0) is 27.2 Å². The van der Waals surface area contributed by atoms with Crippen molar-refractivity contribution in [1.29, 1.82) is 0 Å². The van der Waals surface area contributed by atoms with E-state index in [1.54, 1.807) is 25.1 Å². The number of esters is 1. The highest BCUT2D eigenvalue weighted by molar-refractivity contribution is 7.17. The molecular formula is C20H21N3O5S. The molecule has 1 aliphatic rings. The summed E-state index contributed by atoms with van der Waals surface area (Å²) < 4.78 is 4.85. The third kappa shape index (κ3) is 4.45. The summed E-state index contributed by atoms with van der Waals surface area (Å²) in [6.07, 6.45) is 3.54. The average Bonchev–Trinajstić information content (AvgIpc) is 3.09. The van der Waals surface area contributed by atoms with Crippen LogP contribution in [0.25, 0.3) is 0 Å². The molecule has 0 aliphatic heterocycles. The third-order valence-corrected chi connectivity index (χ3v) is 5.82. The molecule has 3 rings (SSSR count). The molecular weight excluding hydrogens is 394 g/mol. The number of anilines is 1. The van der Waals surface area contributed by atoms with E-state index in [0.717, 1.165) is 36.1 Å². The van der Waals surface area contributed by atoms with Crippen molar-refractivity contribution in [2.75, 3.05) is 12.4 Å². The molecule has 0 atom stereocenters. The molecule has 0 unspecified atom stereocenters. The number of ether oxygens (including phenoxy) is 1. The first-order chi connectivity index (χ1) is 13.9. The Hall–Kier alpha value is -3.20. The lowest BCUT2D eigenvalue weighted by Crippen LogP contribution is -2.33.